The lowest BCUT2D eigenvalue weighted by atomic mass is 10.0. The van der Waals surface area contributed by atoms with Gasteiger partial charge >= 0.3 is 5.97 Å². The van der Waals surface area contributed by atoms with Crippen LogP contribution in [0.4, 0.5) is 0 Å². The predicted molar refractivity (Wildman–Crippen MR) is 58.2 cm³/mol. The maximum Gasteiger partial charge on any atom is 0.311 e. The van der Waals surface area contributed by atoms with Gasteiger partial charge in [-0.1, -0.05) is 0 Å². The van der Waals surface area contributed by atoms with Gasteiger partial charge in [0.05, 0.1) is 19.3 Å². The van der Waals surface area contributed by atoms with Crippen LogP contribution in [-0.4, -0.2) is 56.2 Å². The zero-order valence-electron chi connectivity index (χ0n) is 9.54. The van der Waals surface area contributed by atoms with Gasteiger partial charge in [0.15, 0.2) is 9.84 Å². The topological polar surface area (TPSA) is 110 Å². The fourth-order valence-corrected chi connectivity index (χ4v) is 1.89. The molecule has 1 fully saturated rings. The van der Waals surface area contributed by atoms with Crippen molar-refractivity contribution in [1.82, 2.24) is 5.32 Å². The van der Waals surface area contributed by atoms with Gasteiger partial charge in [-0.3, -0.25) is 9.59 Å². The molecule has 0 aromatic carbocycles. The molecule has 0 aromatic rings. The number of rotatable bonds is 4. The minimum atomic E-state index is -3.48. The van der Waals surface area contributed by atoms with E-state index in [1.165, 1.54) is 6.92 Å². The quantitative estimate of drug-likeness (QED) is 0.649. The van der Waals surface area contributed by atoms with Crippen LogP contribution < -0.4 is 5.32 Å². The molecule has 0 aliphatic carbocycles. The number of carbonyl (C=O) groups is 2. The van der Waals surface area contributed by atoms with E-state index in [9.17, 15) is 18.0 Å². The zero-order valence-corrected chi connectivity index (χ0v) is 10.4. The van der Waals surface area contributed by atoms with Gasteiger partial charge in [-0.05, 0) is 6.92 Å². The normalized spacial score (nSPS) is 26.5. The van der Waals surface area contributed by atoms with E-state index in [0.717, 1.165) is 6.26 Å². The number of carbonyl (C=O) groups excluding carboxylic acids is 1. The van der Waals surface area contributed by atoms with Crippen LogP contribution in [0.2, 0.25) is 0 Å². The van der Waals surface area contributed by atoms with Crippen molar-refractivity contribution in [2.75, 3.05) is 19.5 Å². The molecule has 1 aliphatic heterocycles. The highest BCUT2D eigenvalue weighted by Crippen LogP contribution is 2.14. The lowest BCUT2D eigenvalue weighted by Crippen LogP contribution is -2.47. The molecule has 0 bridgehead atoms. The van der Waals surface area contributed by atoms with E-state index in [-0.39, 0.29) is 13.2 Å². The van der Waals surface area contributed by atoms with E-state index in [0.29, 0.717) is 0 Å². The Balaban J connectivity index is 2.66. The molecule has 1 saturated heterocycles. The van der Waals surface area contributed by atoms with Crippen molar-refractivity contribution in [2.45, 2.75) is 18.2 Å². The van der Waals surface area contributed by atoms with E-state index in [1.807, 2.05) is 0 Å². The predicted octanol–water partition coefficient (Wildman–Crippen LogP) is -1.36. The first-order chi connectivity index (χ1) is 7.73. The van der Waals surface area contributed by atoms with Crippen LogP contribution >= 0.6 is 0 Å². The average molecular weight is 265 g/mol. The van der Waals surface area contributed by atoms with E-state index in [2.05, 4.69) is 5.32 Å². The Hall–Kier alpha value is -1.15. The van der Waals surface area contributed by atoms with Crippen LogP contribution in [0.3, 0.4) is 0 Å². The second-order valence-electron chi connectivity index (χ2n) is 4.07. The third-order valence-corrected chi connectivity index (χ3v) is 4.24. The molecule has 3 unspecified atom stereocenters. The van der Waals surface area contributed by atoms with Gasteiger partial charge in [-0.25, -0.2) is 8.42 Å². The van der Waals surface area contributed by atoms with Crippen molar-refractivity contribution in [3.63, 3.8) is 0 Å². The summed E-state index contributed by atoms with van der Waals surface area (Å²) in [6.45, 7) is 1.36. The number of ether oxygens (including phenoxy) is 1. The molecule has 7 nitrogen and oxygen atoms in total. The first-order valence-electron chi connectivity index (χ1n) is 5.03. The molecule has 17 heavy (non-hydrogen) atoms. The van der Waals surface area contributed by atoms with Gasteiger partial charge in [0, 0.05) is 6.26 Å². The summed E-state index contributed by atoms with van der Waals surface area (Å²) in [5.74, 6) is -2.60. The van der Waals surface area contributed by atoms with Crippen LogP contribution in [0.15, 0.2) is 0 Å². The summed E-state index contributed by atoms with van der Waals surface area (Å²) in [7, 11) is -3.48. The van der Waals surface area contributed by atoms with E-state index in [1.54, 1.807) is 0 Å². The molecule has 1 amide bonds. The molecule has 0 aromatic heterocycles. The lowest BCUT2D eigenvalue weighted by Gasteiger charge is -2.17. The highest BCUT2D eigenvalue weighted by Gasteiger charge is 2.36. The minimum Gasteiger partial charge on any atom is -0.481 e. The van der Waals surface area contributed by atoms with Crippen LogP contribution in [0.1, 0.15) is 6.92 Å². The summed E-state index contributed by atoms with van der Waals surface area (Å²) >= 11 is 0. The van der Waals surface area contributed by atoms with Crippen molar-refractivity contribution in [3.05, 3.63) is 0 Å². The number of amides is 1. The molecule has 98 valence electrons. The fourth-order valence-electron chi connectivity index (χ4n) is 1.43. The molecule has 3 atom stereocenters. The first-order valence-corrected chi connectivity index (χ1v) is 6.98. The molecular weight excluding hydrogens is 250 g/mol. The summed E-state index contributed by atoms with van der Waals surface area (Å²) in [5, 5.41) is 10.0. The zero-order chi connectivity index (χ0) is 13.2. The lowest BCUT2D eigenvalue weighted by molar-refractivity contribution is -0.142. The Labute approximate surface area is 99.1 Å². The van der Waals surface area contributed by atoms with E-state index >= 15 is 0 Å². The fraction of sp³-hybridized carbons (Fsp3) is 0.778. The number of hydrogen-bond donors (Lipinski definition) is 2. The number of aliphatic carboxylic acids is 1. The van der Waals surface area contributed by atoms with Crippen LogP contribution in [-0.2, 0) is 24.2 Å². The monoisotopic (exact) mass is 265 g/mol. The number of carboxylic acid groups (broad SMARTS) is 1. The van der Waals surface area contributed by atoms with Crippen molar-refractivity contribution in [2.24, 2.45) is 5.92 Å². The molecular formula is C9H15NO6S. The van der Waals surface area contributed by atoms with Gasteiger partial charge < -0.3 is 15.2 Å². The van der Waals surface area contributed by atoms with Crippen molar-refractivity contribution in [1.29, 1.82) is 0 Å². The van der Waals surface area contributed by atoms with Crippen molar-refractivity contribution in [3.8, 4) is 0 Å². The number of hydrogen-bond acceptors (Lipinski definition) is 5. The second-order valence-corrected chi connectivity index (χ2v) is 6.44. The van der Waals surface area contributed by atoms with Crippen molar-refractivity contribution >= 4 is 21.7 Å². The van der Waals surface area contributed by atoms with Crippen molar-refractivity contribution < 1.29 is 27.9 Å². The molecule has 1 rings (SSSR count). The van der Waals surface area contributed by atoms with E-state index < -0.39 is 38.9 Å². The molecule has 8 heteroatoms. The highest BCUT2D eigenvalue weighted by molar-refractivity contribution is 7.92. The average Bonchev–Trinajstić information content (AvgIpc) is 2.63. The molecule has 0 radical (unpaired) electrons. The maximum atomic E-state index is 11.6. The molecule has 0 spiro atoms. The van der Waals surface area contributed by atoms with Gasteiger partial charge in [0.25, 0.3) is 0 Å². The third-order valence-electron chi connectivity index (χ3n) is 2.74. The summed E-state index contributed by atoms with van der Waals surface area (Å²) < 4.78 is 27.3. The molecule has 2 N–H and O–H groups in total. The second kappa shape index (κ2) is 5.01. The summed E-state index contributed by atoms with van der Waals surface area (Å²) in [6, 6.07) is -0.677. The Kier molecular flexibility index (Phi) is 4.10. The van der Waals surface area contributed by atoms with Gasteiger partial charge in [-0.2, -0.15) is 0 Å². The molecule has 1 aliphatic rings. The SMILES string of the molecule is CC(C(=O)NC1COCC1C(=O)O)S(C)(=O)=O. The minimum absolute atomic E-state index is 0.0214. The highest BCUT2D eigenvalue weighted by atomic mass is 32.2. The molecule has 1 heterocycles. The number of sulfone groups is 1. The van der Waals surface area contributed by atoms with E-state index in [4.69, 9.17) is 9.84 Å². The Morgan fingerprint density at radius 1 is 1.41 bits per heavy atom. The van der Waals surface area contributed by atoms with Crippen LogP contribution in [0, 0.1) is 5.92 Å². The van der Waals surface area contributed by atoms with Crippen LogP contribution in [0.25, 0.3) is 0 Å². The maximum absolute atomic E-state index is 11.6. The number of nitrogens with one attached hydrogen (secondary N) is 1. The van der Waals surface area contributed by atoms with Gasteiger partial charge in [-0.15, -0.1) is 0 Å². The Bertz CT molecular complexity index is 417. The van der Waals surface area contributed by atoms with Crippen LogP contribution in [0.5, 0.6) is 0 Å². The first kappa shape index (κ1) is 13.9. The smallest absolute Gasteiger partial charge is 0.311 e. The third kappa shape index (κ3) is 3.40. The Morgan fingerprint density at radius 2 is 2.00 bits per heavy atom. The largest absolute Gasteiger partial charge is 0.481 e. The van der Waals surface area contributed by atoms with Gasteiger partial charge in [0.1, 0.15) is 11.2 Å². The number of carboxylic acids is 1. The summed E-state index contributed by atoms with van der Waals surface area (Å²) in [6.07, 6.45) is 0.955. The molecule has 0 saturated carbocycles. The Morgan fingerprint density at radius 3 is 2.47 bits per heavy atom. The summed E-state index contributed by atoms with van der Waals surface area (Å²) in [4.78, 5) is 22.4. The standard InChI is InChI=1S/C9H15NO6S/c1-5(17(2,14)15)8(11)10-7-4-16-3-6(7)9(12)13/h5-7H,3-4H2,1-2H3,(H,10,11)(H,12,13). The summed E-state index contributed by atoms with van der Waals surface area (Å²) in [5.41, 5.74) is 0. The van der Waals surface area contributed by atoms with Gasteiger partial charge in [0.2, 0.25) is 5.91 Å².